The molecule has 0 saturated carbocycles. The van der Waals surface area contributed by atoms with Crippen LogP contribution in [0.25, 0.3) is 0 Å². The molecule has 0 aliphatic carbocycles. The molecule has 0 radical (unpaired) electrons. The summed E-state index contributed by atoms with van der Waals surface area (Å²) in [6, 6.07) is 0. The standard InChI is InChI=1S/H2O3Si.2O3Si.Sn/c3*1-4(2)3;/h1-2H;;;/q;2*-2;+4. The predicted octanol–water partition coefficient (Wildman–Crippen LogP) is -7.75. The van der Waals surface area contributed by atoms with Gasteiger partial charge in [0, 0.05) is 18.3 Å². The van der Waals surface area contributed by atoms with E-state index in [1.807, 2.05) is 0 Å². The summed E-state index contributed by atoms with van der Waals surface area (Å²) in [5.74, 6) is 0. The predicted molar refractivity (Wildman–Crippen MR) is 29.5 cm³/mol. The van der Waals surface area contributed by atoms with Crippen molar-refractivity contribution in [1.29, 1.82) is 0 Å². The molecule has 0 aliphatic heterocycles. The minimum absolute atomic E-state index is 0. The zero-order chi connectivity index (χ0) is 10.7. The summed E-state index contributed by atoms with van der Waals surface area (Å²) in [6.45, 7) is 0. The second kappa shape index (κ2) is 17.7. The monoisotopic (exact) mass is 350 g/mol. The Morgan fingerprint density at radius 2 is 0.769 bits per heavy atom. The molecule has 0 fully saturated rings. The maximum absolute atomic E-state index is 8.74. The first-order chi connectivity index (χ1) is 5.20. The van der Waals surface area contributed by atoms with Gasteiger partial charge < -0.3 is 37.7 Å². The van der Waals surface area contributed by atoms with Gasteiger partial charge in [-0.2, -0.15) is 0 Å². The van der Waals surface area contributed by atoms with Crippen LogP contribution in [0.1, 0.15) is 0 Å². The van der Waals surface area contributed by atoms with Gasteiger partial charge in [0.2, 0.25) is 0 Å². The van der Waals surface area contributed by atoms with Gasteiger partial charge in [0.25, 0.3) is 0 Å². The summed E-state index contributed by atoms with van der Waals surface area (Å²) in [6.07, 6.45) is 0. The first kappa shape index (κ1) is 22.9. The van der Waals surface area contributed by atoms with Gasteiger partial charge in [0.15, 0.2) is 0 Å². The molecule has 0 atom stereocenters. The van der Waals surface area contributed by atoms with Crippen molar-refractivity contribution in [3.05, 3.63) is 0 Å². The average Bonchev–Trinajstić information content (AvgIpc) is 1.54. The molecule has 0 amide bonds. The minimum Gasteiger partial charge on any atom is -0.672 e. The summed E-state index contributed by atoms with van der Waals surface area (Å²) in [4.78, 5) is 48.4. The molecule has 0 spiro atoms. The van der Waals surface area contributed by atoms with Gasteiger partial charge in [-0.15, -0.1) is 0 Å². The molecule has 0 saturated heterocycles. The van der Waals surface area contributed by atoms with Crippen LogP contribution in [0, 0.1) is 0 Å². The fourth-order valence-electron chi connectivity index (χ4n) is 0. The Hall–Kier alpha value is -0.351. The SMILES string of the molecule is O=[Si](O)O.O=[Si]([O-])[O-].O=[Si]([O-])[O-].[Sn+4]. The van der Waals surface area contributed by atoms with Crippen LogP contribution in [0.15, 0.2) is 0 Å². The van der Waals surface area contributed by atoms with Crippen LogP contribution in [0.5, 0.6) is 0 Å². The number of rotatable bonds is 0. The maximum Gasteiger partial charge on any atom is 4.00 e. The molecule has 72 valence electrons. The summed E-state index contributed by atoms with van der Waals surface area (Å²) in [5.41, 5.74) is 0. The summed E-state index contributed by atoms with van der Waals surface area (Å²) < 4.78 is 25.8. The summed E-state index contributed by atoms with van der Waals surface area (Å²) >= 11 is 0. The van der Waals surface area contributed by atoms with E-state index in [4.69, 9.17) is 42.2 Å². The van der Waals surface area contributed by atoms with Crippen molar-refractivity contribution < 1.29 is 42.2 Å². The Morgan fingerprint density at radius 3 is 0.769 bits per heavy atom. The van der Waals surface area contributed by atoms with E-state index in [1.165, 1.54) is 0 Å². The second-order valence-electron chi connectivity index (χ2n) is 0.783. The van der Waals surface area contributed by atoms with E-state index in [2.05, 4.69) is 0 Å². The fourth-order valence-corrected chi connectivity index (χ4v) is 0. The van der Waals surface area contributed by atoms with Gasteiger partial charge in [-0.1, -0.05) is 0 Å². The van der Waals surface area contributed by atoms with E-state index in [9.17, 15) is 0 Å². The molecule has 0 rings (SSSR count). The third-order valence-electron chi connectivity index (χ3n) is 0. The van der Waals surface area contributed by atoms with Gasteiger partial charge in [0.05, 0.1) is 0 Å². The molecule has 0 heterocycles. The smallest absolute Gasteiger partial charge is 0.672 e. The van der Waals surface area contributed by atoms with E-state index in [1.54, 1.807) is 0 Å². The summed E-state index contributed by atoms with van der Waals surface area (Å²) in [5, 5.41) is 0. The Kier molecular flexibility index (Phi) is 31.2. The van der Waals surface area contributed by atoms with Gasteiger partial charge in [-0.3, -0.25) is 4.46 Å². The minimum atomic E-state index is -3.63. The first-order valence-corrected chi connectivity index (χ1v) is 5.63. The molecule has 13 heteroatoms. The van der Waals surface area contributed by atoms with E-state index in [-0.39, 0.29) is 23.9 Å². The van der Waals surface area contributed by atoms with Crippen LogP contribution in [0.4, 0.5) is 0 Å². The van der Waals surface area contributed by atoms with Crippen LogP contribution in [-0.4, -0.2) is 61.0 Å². The number of hydrogen-bond acceptors (Lipinski definition) is 7. The van der Waals surface area contributed by atoms with Crippen LogP contribution in [-0.2, 0) is 13.4 Å². The van der Waals surface area contributed by atoms with Crippen molar-refractivity contribution in [3.63, 3.8) is 0 Å². The molecule has 2 N–H and O–H groups in total. The molecular weight excluding hydrogens is 347 g/mol. The Morgan fingerprint density at radius 1 is 0.769 bits per heavy atom. The first-order valence-electron chi connectivity index (χ1n) is 1.88. The topological polar surface area (TPSA) is 184 Å². The third-order valence-corrected chi connectivity index (χ3v) is 0. The van der Waals surface area contributed by atoms with E-state index in [0.29, 0.717) is 0 Å². The van der Waals surface area contributed by atoms with Gasteiger partial charge in [-0.25, -0.2) is 0 Å². The third kappa shape index (κ3) is 8820. The largest absolute Gasteiger partial charge is 4.00 e. The molecule has 0 bridgehead atoms. The van der Waals surface area contributed by atoms with Crippen molar-refractivity contribution in [2.45, 2.75) is 0 Å². The normalized spacial score (nSPS) is 5.54. The van der Waals surface area contributed by atoms with E-state index >= 15 is 0 Å². The van der Waals surface area contributed by atoms with Crippen LogP contribution < -0.4 is 19.2 Å². The van der Waals surface area contributed by atoms with Crippen molar-refractivity contribution in [1.82, 2.24) is 0 Å². The summed E-state index contributed by atoms with van der Waals surface area (Å²) in [7, 11) is -10.4. The van der Waals surface area contributed by atoms with Crippen molar-refractivity contribution in [2.24, 2.45) is 0 Å². The Balaban J connectivity index is -0.0000000450. The molecule has 0 aromatic carbocycles. The van der Waals surface area contributed by atoms with Crippen molar-refractivity contribution in [2.75, 3.05) is 0 Å². The molecule has 0 aromatic rings. The van der Waals surface area contributed by atoms with Gasteiger partial charge >= 0.3 is 33.1 Å². The second-order valence-corrected chi connectivity index (χ2v) is 2.35. The van der Waals surface area contributed by atoms with Gasteiger partial charge in [0.1, 0.15) is 0 Å². The molecule has 0 aromatic heterocycles. The molecule has 13 heavy (non-hydrogen) atoms. The number of hydrogen-bond donors (Lipinski definition) is 2. The van der Waals surface area contributed by atoms with E-state index < -0.39 is 27.5 Å². The van der Waals surface area contributed by atoms with Crippen LogP contribution >= 0.6 is 0 Å². The van der Waals surface area contributed by atoms with Crippen molar-refractivity contribution in [3.8, 4) is 0 Å². The van der Waals surface area contributed by atoms with Crippen molar-refractivity contribution >= 4 is 51.4 Å². The average molecular weight is 349 g/mol. The van der Waals surface area contributed by atoms with Crippen LogP contribution in [0.3, 0.4) is 0 Å². The quantitative estimate of drug-likeness (QED) is 0.401. The van der Waals surface area contributed by atoms with Crippen LogP contribution in [0.2, 0.25) is 0 Å². The molecule has 9 nitrogen and oxygen atoms in total. The molecular formula is H2O9Si3Sn. The zero-order valence-corrected chi connectivity index (χ0v) is 11.6. The Bertz CT molecular complexity index is 112. The van der Waals surface area contributed by atoms with Gasteiger partial charge in [-0.05, 0) is 0 Å². The molecule has 0 unspecified atom stereocenters. The fraction of sp³-hybridized carbons (Fsp3) is 0. The maximum atomic E-state index is 8.74. The molecule has 0 aliphatic rings. The van der Waals surface area contributed by atoms with E-state index in [0.717, 1.165) is 0 Å². The Labute approximate surface area is 93.6 Å². The zero-order valence-electron chi connectivity index (χ0n) is 5.75.